The van der Waals surface area contributed by atoms with E-state index in [4.69, 9.17) is 4.74 Å². The zero-order chi connectivity index (χ0) is 13.8. The second-order valence-electron chi connectivity index (χ2n) is 5.02. The molecule has 0 saturated carbocycles. The zero-order valence-corrected chi connectivity index (χ0v) is 11.5. The number of pyridine rings is 1. The van der Waals surface area contributed by atoms with Crippen LogP contribution in [0.4, 0.5) is 5.69 Å². The third kappa shape index (κ3) is 3.43. The number of hydrogen-bond acceptors (Lipinski definition) is 5. The Balaban J connectivity index is 2.08. The number of anilines is 1. The molecule has 1 aromatic rings. The van der Waals surface area contributed by atoms with Crippen LogP contribution in [0.25, 0.3) is 0 Å². The smallest absolute Gasteiger partial charge is 0.0984 e. The third-order valence-electron chi connectivity index (χ3n) is 3.39. The maximum Gasteiger partial charge on any atom is 0.0984 e. The highest BCUT2D eigenvalue weighted by Crippen LogP contribution is 2.21. The van der Waals surface area contributed by atoms with Gasteiger partial charge in [0.2, 0.25) is 0 Å². The van der Waals surface area contributed by atoms with Crippen LogP contribution in [0, 0.1) is 0 Å². The molecule has 106 valence electrons. The molecule has 2 N–H and O–H groups in total. The van der Waals surface area contributed by atoms with Gasteiger partial charge in [0.15, 0.2) is 0 Å². The van der Waals surface area contributed by atoms with E-state index < -0.39 is 6.10 Å². The molecule has 2 rings (SSSR count). The number of aliphatic hydroxyl groups excluding tert-OH is 2. The maximum atomic E-state index is 9.72. The van der Waals surface area contributed by atoms with Gasteiger partial charge >= 0.3 is 0 Å². The van der Waals surface area contributed by atoms with E-state index in [1.54, 1.807) is 6.20 Å². The van der Waals surface area contributed by atoms with Crippen molar-refractivity contribution in [1.29, 1.82) is 0 Å². The Morgan fingerprint density at radius 3 is 2.84 bits per heavy atom. The van der Waals surface area contributed by atoms with Crippen LogP contribution in [0.5, 0.6) is 0 Å². The Labute approximate surface area is 113 Å². The fourth-order valence-electron chi connectivity index (χ4n) is 2.35. The van der Waals surface area contributed by atoms with E-state index in [0.29, 0.717) is 18.7 Å². The van der Waals surface area contributed by atoms with Crippen molar-refractivity contribution in [2.45, 2.75) is 38.6 Å². The van der Waals surface area contributed by atoms with Gasteiger partial charge in [-0.15, -0.1) is 0 Å². The molecule has 1 saturated heterocycles. The summed E-state index contributed by atoms with van der Waals surface area (Å²) in [6, 6.07) is 3.82. The second kappa shape index (κ2) is 6.32. The summed E-state index contributed by atoms with van der Waals surface area (Å²) < 4.78 is 5.61. The van der Waals surface area contributed by atoms with Crippen LogP contribution in [0.15, 0.2) is 18.3 Å². The van der Waals surface area contributed by atoms with Crippen molar-refractivity contribution in [3.8, 4) is 0 Å². The highest BCUT2D eigenvalue weighted by atomic mass is 16.5. The monoisotopic (exact) mass is 266 g/mol. The predicted molar refractivity (Wildman–Crippen MR) is 73.1 cm³/mol. The fourth-order valence-corrected chi connectivity index (χ4v) is 2.35. The molecule has 1 aliphatic rings. The fraction of sp³-hybridized carbons (Fsp3) is 0.643. The lowest BCUT2D eigenvalue weighted by Crippen LogP contribution is -2.48. The van der Waals surface area contributed by atoms with E-state index in [1.165, 1.54) is 0 Å². The van der Waals surface area contributed by atoms with E-state index in [2.05, 4.69) is 9.88 Å². The van der Waals surface area contributed by atoms with Gasteiger partial charge in [-0.2, -0.15) is 0 Å². The lowest BCUT2D eigenvalue weighted by Gasteiger charge is -2.37. The molecular weight excluding hydrogens is 244 g/mol. The molecule has 0 aromatic carbocycles. The summed E-state index contributed by atoms with van der Waals surface area (Å²) in [5.41, 5.74) is 1.70. The zero-order valence-electron chi connectivity index (χ0n) is 11.5. The van der Waals surface area contributed by atoms with Crippen molar-refractivity contribution in [1.82, 2.24) is 4.98 Å². The maximum absolute atomic E-state index is 9.72. The first-order valence-electron chi connectivity index (χ1n) is 6.79. The molecule has 2 heterocycles. The summed E-state index contributed by atoms with van der Waals surface area (Å²) in [5, 5.41) is 18.9. The van der Waals surface area contributed by atoms with Gasteiger partial charge in [-0.1, -0.05) is 6.92 Å². The number of nitrogens with zero attached hydrogens (tertiary/aromatic N) is 2. The van der Waals surface area contributed by atoms with E-state index in [9.17, 15) is 10.2 Å². The summed E-state index contributed by atoms with van der Waals surface area (Å²) in [6.07, 6.45) is 1.88. The molecule has 5 nitrogen and oxygen atoms in total. The second-order valence-corrected chi connectivity index (χ2v) is 5.02. The van der Waals surface area contributed by atoms with Crippen molar-refractivity contribution in [3.05, 3.63) is 24.0 Å². The van der Waals surface area contributed by atoms with Crippen LogP contribution in [-0.2, 0) is 4.74 Å². The summed E-state index contributed by atoms with van der Waals surface area (Å²) in [6.45, 7) is 5.40. The first-order valence-corrected chi connectivity index (χ1v) is 6.79. The number of aromatic nitrogens is 1. The molecule has 5 heteroatoms. The van der Waals surface area contributed by atoms with Gasteiger partial charge in [-0.05, 0) is 25.5 Å². The average molecular weight is 266 g/mol. The van der Waals surface area contributed by atoms with Crippen molar-refractivity contribution in [2.75, 3.05) is 24.6 Å². The molecule has 19 heavy (non-hydrogen) atoms. The number of morpholine rings is 1. The molecule has 0 radical (unpaired) electrons. The molecular formula is C14H22N2O3. The van der Waals surface area contributed by atoms with Crippen LogP contribution in [0.3, 0.4) is 0 Å². The van der Waals surface area contributed by atoms with Crippen molar-refractivity contribution in [2.24, 2.45) is 0 Å². The summed E-state index contributed by atoms with van der Waals surface area (Å²) in [4.78, 5) is 6.46. The summed E-state index contributed by atoms with van der Waals surface area (Å²) in [7, 11) is 0. The first-order chi connectivity index (χ1) is 9.13. The molecule has 0 aliphatic carbocycles. The molecule has 1 fully saturated rings. The van der Waals surface area contributed by atoms with Gasteiger partial charge < -0.3 is 19.8 Å². The highest BCUT2D eigenvalue weighted by Gasteiger charge is 2.25. The van der Waals surface area contributed by atoms with E-state index in [-0.39, 0.29) is 18.8 Å². The number of ether oxygens (including phenoxy) is 1. The SMILES string of the molecule is CC[C@H](O)c1ccc(N2CC(C)OC(CO)C2)cn1. The molecule has 0 bridgehead atoms. The van der Waals surface area contributed by atoms with Crippen molar-refractivity contribution >= 4 is 5.69 Å². The van der Waals surface area contributed by atoms with Crippen molar-refractivity contribution in [3.63, 3.8) is 0 Å². The molecule has 0 amide bonds. The Bertz CT molecular complexity index is 396. The Morgan fingerprint density at radius 2 is 2.26 bits per heavy atom. The summed E-state index contributed by atoms with van der Waals surface area (Å²) in [5.74, 6) is 0. The van der Waals surface area contributed by atoms with Crippen LogP contribution in [-0.4, -0.2) is 47.1 Å². The largest absolute Gasteiger partial charge is 0.394 e. The van der Waals surface area contributed by atoms with Crippen LogP contribution < -0.4 is 4.90 Å². The molecule has 3 atom stereocenters. The quantitative estimate of drug-likeness (QED) is 0.854. The lowest BCUT2D eigenvalue weighted by molar-refractivity contribution is -0.0421. The topological polar surface area (TPSA) is 65.8 Å². The van der Waals surface area contributed by atoms with Crippen LogP contribution >= 0.6 is 0 Å². The highest BCUT2D eigenvalue weighted by molar-refractivity contribution is 5.45. The first kappa shape index (κ1) is 14.2. The molecule has 1 aliphatic heterocycles. The molecule has 0 spiro atoms. The Kier molecular flexibility index (Phi) is 4.74. The summed E-state index contributed by atoms with van der Waals surface area (Å²) >= 11 is 0. The van der Waals surface area contributed by atoms with Gasteiger partial charge in [0.05, 0.1) is 42.5 Å². The van der Waals surface area contributed by atoms with Gasteiger partial charge in [0.25, 0.3) is 0 Å². The number of hydrogen-bond donors (Lipinski definition) is 2. The van der Waals surface area contributed by atoms with Gasteiger partial charge in [-0.3, -0.25) is 4.98 Å². The van der Waals surface area contributed by atoms with E-state index in [0.717, 1.165) is 12.2 Å². The Morgan fingerprint density at radius 1 is 1.47 bits per heavy atom. The van der Waals surface area contributed by atoms with E-state index in [1.807, 2.05) is 26.0 Å². The minimum atomic E-state index is -0.497. The lowest BCUT2D eigenvalue weighted by atomic mass is 10.1. The van der Waals surface area contributed by atoms with Gasteiger partial charge in [-0.25, -0.2) is 0 Å². The standard InChI is InChI=1S/C14H22N2O3/c1-3-14(18)13-5-4-11(6-15-13)16-7-10(2)19-12(8-16)9-17/h4-6,10,12,14,17-18H,3,7-9H2,1-2H3/t10?,12?,14-/m0/s1. The van der Waals surface area contributed by atoms with Gasteiger partial charge in [0, 0.05) is 13.1 Å². The molecule has 2 unspecified atom stereocenters. The van der Waals surface area contributed by atoms with E-state index >= 15 is 0 Å². The predicted octanol–water partition coefficient (Wildman–Crippen LogP) is 1.11. The third-order valence-corrected chi connectivity index (χ3v) is 3.39. The van der Waals surface area contributed by atoms with Gasteiger partial charge in [0.1, 0.15) is 0 Å². The minimum Gasteiger partial charge on any atom is -0.394 e. The normalized spacial score (nSPS) is 25.4. The molecule has 1 aromatic heterocycles. The minimum absolute atomic E-state index is 0.0287. The Hall–Kier alpha value is -1.17. The van der Waals surface area contributed by atoms with Crippen LogP contribution in [0.2, 0.25) is 0 Å². The number of aliphatic hydroxyl groups is 2. The average Bonchev–Trinajstić information content (AvgIpc) is 2.46. The van der Waals surface area contributed by atoms with Crippen LogP contribution in [0.1, 0.15) is 32.1 Å². The van der Waals surface area contributed by atoms with Crippen molar-refractivity contribution < 1.29 is 14.9 Å². The number of rotatable bonds is 4.